The molecule has 0 saturated carbocycles. The minimum atomic E-state index is -0.586. The van der Waals surface area contributed by atoms with Crippen LogP contribution in [0.15, 0.2) is 18.2 Å². The number of nitrogens with two attached hydrogens (primary N) is 1. The van der Waals surface area contributed by atoms with Gasteiger partial charge >= 0.3 is 0 Å². The smallest absolute Gasteiger partial charge is 0.153 e. The average Bonchev–Trinajstić information content (AvgIpc) is 2.30. The zero-order valence-corrected chi connectivity index (χ0v) is 9.88. The molecule has 2 nitrogen and oxygen atoms in total. The SMILES string of the molecule is CCCCC(N)C(=O)Cc1cc(F)ccc1F. The summed E-state index contributed by atoms with van der Waals surface area (Å²) in [5.41, 5.74) is 5.74. The summed E-state index contributed by atoms with van der Waals surface area (Å²) in [4.78, 5) is 11.7. The number of Topliss-reactive ketones (excluding diaryl/α,β-unsaturated/α-hetero) is 1. The fourth-order valence-electron chi connectivity index (χ4n) is 1.58. The van der Waals surface area contributed by atoms with Gasteiger partial charge < -0.3 is 5.73 Å². The molecule has 17 heavy (non-hydrogen) atoms. The summed E-state index contributed by atoms with van der Waals surface area (Å²) >= 11 is 0. The van der Waals surface area contributed by atoms with Crippen LogP contribution in [0.1, 0.15) is 31.7 Å². The number of unbranched alkanes of at least 4 members (excludes halogenated alkanes) is 1. The lowest BCUT2D eigenvalue weighted by molar-refractivity contribution is -0.119. The van der Waals surface area contributed by atoms with E-state index in [9.17, 15) is 13.6 Å². The minimum Gasteiger partial charge on any atom is -0.321 e. The molecule has 0 amide bonds. The van der Waals surface area contributed by atoms with E-state index in [0.29, 0.717) is 6.42 Å². The van der Waals surface area contributed by atoms with Crippen LogP contribution in [0.2, 0.25) is 0 Å². The zero-order valence-electron chi connectivity index (χ0n) is 9.88. The van der Waals surface area contributed by atoms with E-state index in [0.717, 1.165) is 31.0 Å². The van der Waals surface area contributed by atoms with Crippen molar-refractivity contribution in [1.82, 2.24) is 0 Å². The van der Waals surface area contributed by atoms with Crippen LogP contribution >= 0.6 is 0 Å². The highest BCUT2D eigenvalue weighted by Gasteiger charge is 2.15. The van der Waals surface area contributed by atoms with Gasteiger partial charge in [-0.2, -0.15) is 0 Å². The summed E-state index contributed by atoms with van der Waals surface area (Å²) in [6, 6.07) is 2.51. The fourth-order valence-corrected chi connectivity index (χ4v) is 1.58. The molecule has 0 fully saturated rings. The molecule has 0 aromatic heterocycles. The van der Waals surface area contributed by atoms with Crippen LogP contribution in [0.5, 0.6) is 0 Å². The normalized spacial score (nSPS) is 12.5. The van der Waals surface area contributed by atoms with Gasteiger partial charge in [0.25, 0.3) is 0 Å². The maximum absolute atomic E-state index is 13.3. The predicted octanol–water partition coefficient (Wildman–Crippen LogP) is 2.59. The molecule has 0 aliphatic heterocycles. The Bertz CT molecular complexity index is 393. The van der Waals surface area contributed by atoms with Crippen LogP contribution in [0, 0.1) is 11.6 Å². The number of halogens is 2. The van der Waals surface area contributed by atoms with Gasteiger partial charge in [-0.25, -0.2) is 8.78 Å². The summed E-state index contributed by atoms with van der Waals surface area (Å²) in [5.74, 6) is -1.36. The van der Waals surface area contributed by atoms with E-state index in [1.54, 1.807) is 0 Å². The largest absolute Gasteiger partial charge is 0.321 e. The molecule has 0 heterocycles. The molecular formula is C13H17F2NO. The number of rotatable bonds is 6. The van der Waals surface area contributed by atoms with Gasteiger partial charge in [-0.1, -0.05) is 19.8 Å². The van der Waals surface area contributed by atoms with Crippen LogP contribution in [0.25, 0.3) is 0 Å². The highest BCUT2D eigenvalue weighted by molar-refractivity contribution is 5.85. The third-order valence-electron chi connectivity index (χ3n) is 2.65. The van der Waals surface area contributed by atoms with Gasteiger partial charge in [0, 0.05) is 6.42 Å². The van der Waals surface area contributed by atoms with Crippen molar-refractivity contribution in [2.24, 2.45) is 5.73 Å². The molecule has 0 spiro atoms. The van der Waals surface area contributed by atoms with Crippen LogP contribution in [0.3, 0.4) is 0 Å². The van der Waals surface area contributed by atoms with Crippen molar-refractivity contribution in [2.45, 2.75) is 38.6 Å². The van der Waals surface area contributed by atoms with E-state index in [1.807, 2.05) is 6.92 Å². The predicted molar refractivity (Wildman–Crippen MR) is 62.6 cm³/mol. The van der Waals surface area contributed by atoms with Crippen molar-refractivity contribution in [2.75, 3.05) is 0 Å². The Morgan fingerprint density at radius 1 is 1.41 bits per heavy atom. The number of carbonyl (C=O) groups is 1. The van der Waals surface area contributed by atoms with Crippen molar-refractivity contribution in [3.63, 3.8) is 0 Å². The lowest BCUT2D eigenvalue weighted by Gasteiger charge is -2.10. The first kappa shape index (κ1) is 13.8. The van der Waals surface area contributed by atoms with Crippen LogP contribution in [-0.4, -0.2) is 11.8 Å². The Hall–Kier alpha value is -1.29. The van der Waals surface area contributed by atoms with E-state index >= 15 is 0 Å². The second kappa shape index (κ2) is 6.45. The van der Waals surface area contributed by atoms with Gasteiger partial charge in [0.15, 0.2) is 5.78 Å². The van der Waals surface area contributed by atoms with Crippen LogP contribution in [-0.2, 0) is 11.2 Å². The monoisotopic (exact) mass is 241 g/mol. The van der Waals surface area contributed by atoms with Crippen LogP contribution < -0.4 is 5.73 Å². The number of benzene rings is 1. The van der Waals surface area contributed by atoms with E-state index in [4.69, 9.17) is 5.73 Å². The topological polar surface area (TPSA) is 43.1 Å². The maximum atomic E-state index is 13.3. The first-order valence-electron chi connectivity index (χ1n) is 5.76. The van der Waals surface area contributed by atoms with E-state index < -0.39 is 17.7 Å². The summed E-state index contributed by atoms with van der Waals surface area (Å²) in [5, 5.41) is 0. The lowest BCUT2D eigenvalue weighted by atomic mass is 10.00. The minimum absolute atomic E-state index is 0.0712. The van der Waals surface area contributed by atoms with Crippen molar-refractivity contribution >= 4 is 5.78 Å². The van der Waals surface area contributed by atoms with E-state index in [1.165, 1.54) is 0 Å². The molecule has 1 aromatic carbocycles. The highest BCUT2D eigenvalue weighted by Crippen LogP contribution is 2.12. The number of hydrogen-bond acceptors (Lipinski definition) is 2. The first-order valence-corrected chi connectivity index (χ1v) is 5.76. The second-order valence-corrected chi connectivity index (χ2v) is 4.13. The van der Waals surface area contributed by atoms with Crippen molar-refractivity contribution < 1.29 is 13.6 Å². The summed E-state index contributed by atoms with van der Waals surface area (Å²) < 4.78 is 26.2. The fraction of sp³-hybridized carbons (Fsp3) is 0.462. The molecule has 0 aliphatic rings. The molecule has 0 bridgehead atoms. The van der Waals surface area contributed by atoms with Crippen molar-refractivity contribution in [3.05, 3.63) is 35.4 Å². The third-order valence-corrected chi connectivity index (χ3v) is 2.65. The van der Waals surface area contributed by atoms with Gasteiger partial charge in [-0.15, -0.1) is 0 Å². The van der Waals surface area contributed by atoms with E-state index in [2.05, 4.69) is 0 Å². The summed E-state index contributed by atoms with van der Waals surface area (Å²) in [6.45, 7) is 2.00. The number of ketones is 1. The molecular weight excluding hydrogens is 224 g/mol. The standard InChI is InChI=1S/C13H17F2NO/c1-2-3-4-12(16)13(17)8-9-7-10(14)5-6-11(9)15/h5-7,12H,2-4,8,16H2,1H3. The Morgan fingerprint density at radius 3 is 2.76 bits per heavy atom. The molecule has 0 aliphatic carbocycles. The zero-order chi connectivity index (χ0) is 12.8. The molecule has 2 N–H and O–H groups in total. The van der Waals surface area contributed by atoms with Gasteiger partial charge in [0.05, 0.1) is 6.04 Å². The van der Waals surface area contributed by atoms with Crippen LogP contribution in [0.4, 0.5) is 8.78 Å². The Balaban J connectivity index is 2.64. The maximum Gasteiger partial charge on any atom is 0.153 e. The van der Waals surface area contributed by atoms with Gasteiger partial charge in [0.1, 0.15) is 11.6 Å². The first-order chi connectivity index (χ1) is 8.04. The average molecular weight is 241 g/mol. The molecule has 0 saturated heterocycles. The second-order valence-electron chi connectivity index (χ2n) is 4.13. The highest BCUT2D eigenvalue weighted by atomic mass is 19.1. The van der Waals surface area contributed by atoms with Crippen molar-refractivity contribution in [3.8, 4) is 0 Å². The Morgan fingerprint density at radius 2 is 2.12 bits per heavy atom. The molecule has 1 rings (SSSR count). The van der Waals surface area contributed by atoms with Gasteiger partial charge in [0.2, 0.25) is 0 Å². The summed E-state index contributed by atoms with van der Waals surface area (Å²) in [6.07, 6.45) is 2.26. The van der Waals surface area contributed by atoms with Crippen molar-refractivity contribution in [1.29, 1.82) is 0 Å². The Labute approximate surface area is 99.8 Å². The molecule has 1 aromatic rings. The molecule has 4 heteroatoms. The van der Waals surface area contributed by atoms with Gasteiger partial charge in [-0.3, -0.25) is 4.79 Å². The molecule has 0 radical (unpaired) electrons. The Kier molecular flexibility index (Phi) is 5.22. The molecule has 94 valence electrons. The molecule has 1 unspecified atom stereocenters. The number of carbonyl (C=O) groups excluding carboxylic acids is 1. The lowest BCUT2D eigenvalue weighted by Crippen LogP contribution is -2.31. The van der Waals surface area contributed by atoms with E-state index in [-0.39, 0.29) is 17.8 Å². The number of hydrogen-bond donors (Lipinski definition) is 1. The quantitative estimate of drug-likeness (QED) is 0.831. The van der Waals surface area contributed by atoms with Gasteiger partial charge in [-0.05, 0) is 30.2 Å². The summed E-state index contributed by atoms with van der Waals surface area (Å²) in [7, 11) is 0. The third kappa shape index (κ3) is 4.23. The molecule has 1 atom stereocenters.